The molecule has 3 aromatic rings. The standard InChI is InChI=1S/C26H28FN5OS/c27-18-10-12-19(13-11-18)29-23(33)14-17-32-25(22-9-5-16-31(22)20-6-1-2-7-20)24(30-26(32)34)21-8-3-4-15-28-21/h3-5,8-13,15-16,20,24-25H,1-2,6-7,14,17H2,(H,29,33)(H,30,34)/t24-,25-/m1/s1. The van der Waals surface area contributed by atoms with Gasteiger partial charge < -0.3 is 20.1 Å². The highest BCUT2D eigenvalue weighted by atomic mass is 32.1. The SMILES string of the molecule is O=C(CCN1C(=S)N[C@H](c2ccccn2)[C@H]1c1cccn1C1CCCC1)Nc1ccc(F)cc1. The van der Waals surface area contributed by atoms with Crippen molar-refractivity contribution in [2.24, 2.45) is 0 Å². The van der Waals surface area contributed by atoms with E-state index in [1.165, 1.54) is 43.5 Å². The first-order chi connectivity index (χ1) is 16.6. The van der Waals surface area contributed by atoms with Crippen LogP contribution >= 0.6 is 12.2 Å². The van der Waals surface area contributed by atoms with E-state index in [1.807, 2.05) is 18.2 Å². The minimum absolute atomic E-state index is 0.0726. The average Bonchev–Trinajstić information content (AvgIpc) is 3.59. The number of anilines is 1. The summed E-state index contributed by atoms with van der Waals surface area (Å²) in [4.78, 5) is 19.4. The Morgan fingerprint density at radius 1 is 1.12 bits per heavy atom. The summed E-state index contributed by atoms with van der Waals surface area (Å²) in [6.07, 6.45) is 9.09. The molecular weight excluding hydrogens is 449 g/mol. The topological polar surface area (TPSA) is 62.2 Å². The third-order valence-electron chi connectivity index (χ3n) is 6.74. The minimum Gasteiger partial charge on any atom is -0.352 e. The van der Waals surface area contributed by atoms with Crippen LogP contribution in [0.4, 0.5) is 10.1 Å². The van der Waals surface area contributed by atoms with E-state index in [9.17, 15) is 9.18 Å². The molecule has 0 radical (unpaired) electrons. The third-order valence-corrected chi connectivity index (χ3v) is 7.09. The molecule has 1 saturated carbocycles. The number of hydrogen-bond acceptors (Lipinski definition) is 3. The van der Waals surface area contributed by atoms with Crippen molar-refractivity contribution in [2.75, 3.05) is 11.9 Å². The number of aromatic nitrogens is 2. The Kier molecular flexibility index (Phi) is 6.58. The van der Waals surface area contributed by atoms with Gasteiger partial charge in [0.25, 0.3) is 0 Å². The van der Waals surface area contributed by atoms with E-state index in [-0.39, 0.29) is 30.2 Å². The second kappa shape index (κ2) is 9.93. The van der Waals surface area contributed by atoms with Gasteiger partial charge in [-0.1, -0.05) is 18.9 Å². The summed E-state index contributed by atoms with van der Waals surface area (Å²) >= 11 is 5.75. The maximum Gasteiger partial charge on any atom is 0.226 e. The number of benzene rings is 1. The molecule has 1 aliphatic heterocycles. The Bertz CT molecular complexity index is 1140. The van der Waals surface area contributed by atoms with E-state index >= 15 is 0 Å². The van der Waals surface area contributed by atoms with Crippen LogP contribution in [0.25, 0.3) is 0 Å². The minimum atomic E-state index is -0.333. The maximum absolute atomic E-state index is 13.2. The molecular formula is C26H28FN5OS. The van der Waals surface area contributed by atoms with Gasteiger partial charge in [0.15, 0.2) is 5.11 Å². The number of carbonyl (C=O) groups is 1. The number of thiocarbonyl (C=S) groups is 1. The van der Waals surface area contributed by atoms with Gasteiger partial charge in [-0.25, -0.2) is 4.39 Å². The number of pyridine rings is 1. The average molecular weight is 478 g/mol. The summed E-state index contributed by atoms with van der Waals surface area (Å²) in [6, 6.07) is 16.3. The van der Waals surface area contributed by atoms with Crippen LogP contribution in [0.5, 0.6) is 0 Å². The molecule has 176 valence electrons. The van der Waals surface area contributed by atoms with Crippen molar-refractivity contribution >= 4 is 28.9 Å². The van der Waals surface area contributed by atoms with Crippen LogP contribution in [-0.2, 0) is 4.79 Å². The second-order valence-corrected chi connectivity index (χ2v) is 9.29. The number of rotatable bonds is 7. The van der Waals surface area contributed by atoms with Crippen molar-refractivity contribution in [3.05, 3.63) is 84.2 Å². The van der Waals surface area contributed by atoms with Crippen molar-refractivity contribution in [1.82, 2.24) is 19.8 Å². The molecule has 34 heavy (non-hydrogen) atoms. The van der Waals surface area contributed by atoms with Gasteiger partial charge in [-0.05, 0) is 73.6 Å². The maximum atomic E-state index is 13.2. The first kappa shape index (κ1) is 22.5. The summed E-state index contributed by atoms with van der Waals surface area (Å²) in [7, 11) is 0. The second-order valence-electron chi connectivity index (χ2n) is 8.90. The van der Waals surface area contributed by atoms with E-state index in [0.717, 1.165) is 5.69 Å². The number of amides is 1. The zero-order valence-corrected chi connectivity index (χ0v) is 19.7. The lowest BCUT2D eigenvalue weighted by molar-refractivity contribution is -0.116. The highest BCUT2D eigenvalue weighted by Gasteiger charge is 2.41. The monoisotopic (exact) mass is 477 g/mol. The molecule has 2 aliphatic rings. The van der Waals surface area contributed by atoms with E-state index in [2.05, 4.69) is 43.4 Å². The fraction of sp³-hybridized carbons (Fsp3) is 0.346. The van der Waals surface area contributed by atoms with Crippen LogP contribution in [0.2, 0.25) is 0 Å². The normalized spacial score (nSPS) is 20.5. The van der Waals surface area contributed by atoms with E-state index in [4.69, 9.17) is 12.2 Å². The fourth-order valence-electron chi connectivity index (χ4n) is 5.12. The molecule has 2 aromatic heterocycles. The van der Waals surface area contributed by atoms with Gasteiger partial charge >= 0.3 is 0 Å². The molecule has 0 unspecified atom stereocenters. The van der Waals surface area contributed by atoms with Crippen LogP contribution in [0, 0.1) is 5.82 Å². The van der Waals surface area contributed by atoms with Gasteiger partial charge in [-0.2, -0.15) is 0 Å². The summed E-state index contributed by atoms with van der Waals surface area (Å²) < 4.78 is 15.6. The van der Waals surface area contributed by atoms with Gasteiger partial charge in [-0.15, -0.1) is 0 Å². The molecule has 0 spiro atoms. The summed E-state index contributed by atoms with van der Waals surface area (Å²) in [5, 5.41) is 6.93. The smallest absolute Gasteiger partial charge is 0.226 e. The Balaban J connectivity index is 1.38. The van der Waals surface area contributed by atoms with Crippen molar-refractivity contribution in [3.63, 3.8) is 0 Å². The highest BCUT2D eigenvalue weighted by Crippen LogP contribution is 2.41. The largest absolute Gasteiger partial charge is 0.352 e. The number of halogens is 1. The van der Waals surface area contributed by atoms with Crippen LogP contribution in [0.15, 0.2) is 67.0 Å². The zero-order valence-electron chi connectivity index (χ0n) is 18.9. The Morgan fingerprint density at radius 2 is 1.91 bits per heavy atom. The predicted molar refractivity (Wildman–Crippen MR) is 134 cm³/mol. The van der Waals surface area contributed by atoms with Crippen molar-refractivity contribution in [1.29, 1.82) is 0 Å². The molecule has 0 bridgehead atoms. The van der Waals surface area contributed by atoms with E-state index in [0.29, 0.717) is 23.4 Å². The summed E-state index contributed by atoms with van der Waals surface area (Å²) in [6.45, 7) is 0.461. The number of hydrogen-bond donors (Lipinski definition) is 2. The van der Waals surface area contributed by atoms with Gasteiger partial charge in [0.05, 0.1) is 17.8 Å². The number of nitrogens with one attached hydrogen (secondary N) is 2. The molecule has 1 saturated heterocycles. The van der Waals surface area contributed by atoms with Crippen LogP contribution in [-0.4, -0.2) is 32.0 Å². The molecule has 1 aromatic carbocycles. The van der Waals surface area contributed by atoms with Crippen LogP contribution < -0.4 is 10.6 Å². The first-order valence-corrected chi connectivity index (χ1v) is 12.2. The molecule has 3 heterocycles. The fourth-order valence-corrected chi connectivity index (χ4v) is 5.45. The quantitative estimate of drug-likeness (QED) is 0.462. The van der Waals surface area contributed by atoms with Crippen molar-refractivity contribution < 1.29 is 9.18 Å². The lowest BCUT2D eigenvalue weighted by atomic mass is 10.0. The predicted octanol–water partition coefficient (Wildman–Crippen LogP) is 5.14. The Morgan fingerprint density at radius 3 is 2.65 bits per heavy atom. The summed E-state index contributed by atoms with van der Waals surface area (Å²) in [5.41, 5.74) is 2.69. The van der Waals surface area contributed by atoms with Gasteiger partial charge in [0.1, 0.15) is 5.82 Å². The Labute approximate surface area is 204 Å². The van der Waals surface area contributed by atoms with E-state index in [1.54, 1.807) is 18.3 Å². The molecule has 6 nitrogen and oxygen atoms in total. The zero-order chi connectivity index (χ0) is 23.5. The Hall–Kier alpha value is -3.26. The van der Waals surface area contributed by atoms with Crippen LogP contribution in [0.3, 0.4) is 0 Å². The summed E-state index contributed by atoms with van der Waals surface area (Å²) in [5.74, 6) is -0.472. The van der Waals surface area contributed by atoms with E-state index < -0.39 is 0 Å². The van der Waals surface area contributed by atoms with Gasteiger partial charge in [0, 0.05) is 42.8 Å². The molecule has 1 aliphatic carbocycles. The lowest BCUT2D eigenvalue weighted by Crippen LogP contribution is -2.33. The first-order valence-electron chi connectivity index (χ1n) is 11.8. The molecule has 2 N–H and O–H groups in total. The molecule has 2 atom stereocenters. The molecule has 2 fully saturated rings. The molecule has 8 heteroatoms. The number of nitrogens with zero attached hydrogens (tertiary/aromatic N) is 3. The lowest BCUT2D eigenvalue weighted by Gasteiger charge is -2.30. The van der Waals surface area contributed by atoms with Crippen molar-refractivity contribution in [2.45, 2.75) is 50.2 Å². The van der Waals surface area contributed by atoms with Gasteiger partial charge in [-0.3, -0.25) is 9.78 Å². The molecule has 5 rings (SSSR count). The third kappa shape index (κ3) is 4.68. The van der Waals surface area contributed by atoms with Crippen LogP contribution in [0.1, 0.15) is 61.6 Å². The molecule has 1 amide bonds. The van der Waals surface area contributed by atoms with Crippen molar-refractivity contribution in [3.8, 4) is 0 Å². The van der Waals surface area contributed by atoms with Gasteiger partial charge in [0.2, 0.25) is 5.91 Å². The number of carbonyl (C=O) groups excluding carboxylic acids is 1. The highest BCUT2D eigenvalue weighted by molar-refractivity contribution is 7.80.